The third-order valence-electron chi connectivity index (χ3n) is 1.57. The number of aliphatic carboxylic acids is 1. The Labute approximate surface area is 95.2 Å². The number of nitrogens with two attached hydrogens (primary N) is 1. The van der Waals surface area contributed by atoms with E-state index in [-0.39, 0.29) is 6.61 Å². The van der Waals surface area contributed by atoms with Gasteiger partial charge in [0.2, 0.25) is 0 Å². The van der Waals surface area contributed by atoms with Crippen LogP contribution in [0.1, 0.15) is 0 Å². The average Bonchev–Trinajstić information content (AvgIpc) is 2.16. The smallest absolute Gasteiger partial charge is 0.324 e. The van der Waals surface area contributed by atoms with E-state index in [4.69, 9.17) is 15.6 Å². The van der Waals surface area contributed by atoms with E-state index in [2.05, 4.69) is 22.6 Å². The topological polar surface area (TPSA) is 72.5 Å². The summed E-state index contributed by atoms with van der Waals surface area (Å²) in [6.07, 6.45) is 0. The van der Waals surface area contributed by atoms with Crippen LogP contribution in [0.3, 0.4) is 0 Å². The molecule has 1 aromatic rings. The SMILES string of the molecule is NC(COc1ccccc1I)C(=O)O. The number of carboxylic acid groups (broad SMARTS) is 1. The van der Waals surface area contributed by atoms with E-state index in [0.29, 0.717) is 5.75 Å². The third kappa shape index (κ3) is 3.15. The van der Waals surface area contributed by atoms with E-state index in [1.165, 1.54) is 0 Å². The van der Waals surface area contributed by atoms with Gasteiger partial charge < -0.3 is 15.6 Å². The standard InChI is InChI=1S/C9H10INO3/c10-6-3-1-2-4-8(6)14-5-7(11)9(12)13/h1-4,7H,5,11H2,(H,12,13). The minimum Gasteiger partial charge on any atom is -0.490 e. The minimum absolute atomic E-state index is 0.0185. The summed E-state index contributed by atoms with van der Waals surface area (Å²) in [4.78, 5) is 10.4. The van der Waals surface area contributed by atoms with Crippen molar-refractivity contribution in [2.24, 2.45) is 5.73 Å². The first kappa shape index (κ1) is 11.3. The number of hydrogen-bond acceptors (Lipinski definition) is 3. The molecule has 1 atom stereocenters. The van der Waals surface area contributed by atoms with Gasteiger partial charge in [0.25, 0.3) is 0 Å². The quantitative estimate of drug-likeness (QED) is 0.817. The minimum atomic E-state index is -1.06. The van der Waals surface area contributed by atoms with Gasteiger partial charge in [0.05, 0.1) is 3.57 Å². The number of benzene rings is 1. The van der Waals surface area contributed by atoms with Gasteiger partial charge in [-0.1, -0.05) is 12.1 Å². The van der Waals surface area contributed by atoms with Crippen LogP contribution in [0.15, 0.2) is 24.3 Å². The molecular formula is C9H10INO3. The predicted molar refractivity (Wildman–Crippen MR) is 60.3 cm³/mol. The molecule has 1 unspecified atom stereocenters. The molecule has 0 aliphatic carbocycles. The molecule has 3 N–H and O–H groups in total. The van der Waals surface area contributed by atoms with Crippen molar-refractivity contribution in [2.75, 3.05) is 6.61 Å². The van der Waals surface area contributed by atoms with E-state index < -0.39 is 12.0 Å². The van der Waals surface area contributed by atoms with E-state index in [1.54, 1.807) is 6.07 Å². The normalized spacial score (nSPS) is 12.1. The Balaban J connectivity index is 2.54. The second-order valence-electron chi connectivity index (χ2n) is 2.69. The molecule has 0 aromatic heterocycles. The molecule has 5 heteroatoms. The number of carbonyl (C=O) groups is 1. The van der Waals surface area contributed by atoms with Gasteiger partial charge in [0.15, 0.2) is 0 Å². The second kappa shape index (κ2) is 5.16. The van der Waals surface area contributed by atoms with Crippen molar-refractivity contribution in [3.8, 4) is 5.75 Å². The van der Waals surface area contributed by atoms with Crippen LogP contribution >= 0.6 is 22.6 Å². The lowest BCUT2D eigenvalue weighted by Crippen LogP contribution is -2.36. The highest BCUT2D eigenvalue weighted by Crippen LogP contribution is 2.19. The molecule has 0 saturated carbocycles. The molecule has 0 fully saturated rings. The predicted octanol–water partition coefficient (Wildman–Crippen LogP) is 1.08. The molecular weight excluding hydrogens is 297 g/mol. The second-order valence-corrected chi connectivity index (χ2v) is 3.85. The fourth-order valence-corrected chi connectivity index (χ4v) is 1.36. The van der Waals surface area contributed by atoms with Crippen molar-refractivity contribution in [3.05, 3.63) is 27.8 Å². The molecule has 0 saturated heterocycles. The van der Waals surface area contributed by atoms with Crippen LogP contribution in [0.2, 0.25) is 0 Å². The number of ether oxygens (including phenoxy) is 1. The zero-order valence-electron chi connectivity index (χ0n) is 7.31. The molecule has 0 bridgehead atoms. The maximum Gasteiger partial charge on any atom is 0.324 e. The van der Waals surface area contributed by atoms with Crippen LogP contribution in [0.5, 0.6) is 5.75 Å². The molecule has 0 radical (unpaired) electrons. The molecule has 14 heavy (non-hydrogen) atoms. The monoisotopic (exact) mass is 307 g/mol. The molecule has 0 spiro atoms. The molecule has 76 valence electrons. The lowest BCUT2D eigenvalue weighted by Gasteiger charge is -2.10. The Hall–Kier alpha value is -0.820. The van der Waals surface area contributed by atoms with Gasteiger partial charge in [-0.2, -0.15) is 0 Å². The summed E-state index contributed by atoms with van der Waals surface area (Å²) in [5.41, 5.74) is 5.29. The van der Waals surface area contributed by atoms with Gasteiger partial charge in [-0.05, 0) is 34.7 Å². The van der Waals surface area contributed by atoms with Gasteiger partial charge in [-0.15, -0.1) is 0 Å². The van der Waals surface area contributed by atoms with Crippen molar-refractivity contribution in [1.29, 1.82) is 0 Å². The molecule has 0 amide bonds. The Kier molecular flexibility index (Phi) is 4.15. The zero-order valence-corrected chi connectivity index (χ0v) is 9.47. The Morgan fingerprint density at radius 3 is 2.79 bits per heavy atom. The summed E-state index contributed by atoms with van der Waals surface area (Å²) in [6.45, 7) is -0.0185. The highest BCUT2D eigenvalue weighted by molar-refractivity contribution is 14.1. The summed E-state index contributed by atoms with van der Waals surface area (Å²) < 4.78 is 6.18. The fourth-order valence-electron chi connectivity index (χ4n) is 0.813. The lowest BCUT2D eigenvalue weighted by molar-refractivity contribution is -0.139. The van der Waals surface area contributed by atoms with Gasteiger partial charge >= 0.3 is 5.97 Å². The third-order valence-corrected chi connectivity index (χ3v) is 2.46. The van der Waals surface area contributed by atoms with Crippen molar-refractivity contribution in [1.82, 2.24) is 0 Å². The maximum absolute atomic E-state index is 10.4. The average molecular weight is 307 g/mol. The van der Waals surface area contributed by atoms with E-state index >= 15 is 0 Å². The van der Waals surface area contributed by atoms with E-state index in [9.17, 15) is 4.79 Å². The van der Waals surface area contributed by atoms with Crippen molar-refractivity contribution in [2.45, 2.75) is 6.04 Å². The van der Waals surface area contributed by atoms with Gasteiger partial charge in [-0.3, -0.25) is 4.79 Å². The van der Waals surface area contributed by atoms with Crippen molar-refractivity contribution < 1.29 is 14.6 Å². The summed E-state index contributed by atoms with van der Waals surface area (Å²) in [5, 5.41) is 8.52. The van der Waals surface area contributed by atoms with E-state index in [0.717, 1.165) is 3.57 Å². The van der Waals surface area contributed by atoms with E-state index in [1.807, 2.05) is 18.2 Å². The summed E-state index contributed by atoms with van der Waals surface area (Å²) in [7, 11) is 0. The van der Waals surface area contributed by atoms with Crippen molar-refractivity contribution >= 4 is 28.6 Å². The summed E-state index contributed by atoms with van der Waals surface area (Å²) >= 11 is 2.11. The summed E-state index contributed by atoms with van der Waals surface area (Å²) in [5.74, 6) is -0.402. The Morgan fingerprint density at radius 2 is 2.21 bits per heavy atom. The molecule has 4 nitrogen and oxygen atoms in total. The largest absolute Gasteiger partial charge is 0.490 e. The fraction of sp³-hybridized carbons (Fsp3) is 0.222. The number of halogens is 1. The van der Waals surface area contributed by atoms with Crippen LogP contribution in [0.4, 0.5) is 0 Å². The van der Waals surface area contributed by atoms with Crippen LogP contribution in [-0.2, 0) is 4.79 Å². The van der Waals surface area contributed by atoms with Crippen LogP contribution < -0.4 is 10.5 Å². The van der Waals surface area contributed by atoms with Gasteiger partial charge in [0.1, 0.15) is 18.4 Å². The van der Waals surface area contributed by atoms with Gasteiger partial charge in [-0.25, -0.2) is 0 Å². The summed E-state index contributed by atoms with van der Waals surface area (Å²) in [6, 6.07) is 6.37. The number of hydrogen-bond donors (Lipinski definition) is 2. The molecule has 1 aromatic carbocycles. The maximum atomic E-state index is 10.4. The molecule has 0 heterocycles. The Morgan fingerprint density at radius 1 is 1.57 bits per heavy atom. The number of para-hydroxylation sites is 1. The van der Waals surface area contributed by atoms with Crippen LogP contribution in [0.25, 0.3) is 0 Å². The first-order chi connectivity index (χ1) is 6.61. The zero-order chi connectivity index (χ0) is 10.6. The highest BCUT2D eigenvalue weighted by Gasteiger charge is 2.12. The molecule has 1 rings (SSSR count). The molecule has 0 aliphatic rings. The number of rotatable bonds is 4. The van der Waals surface area contributed by atoms with Crippen LogP contribution in [0, 0.1) is 3.57 Å². The highest BCUT2D eigenvalue weighted by atomic mass is 127. The van der Waals surface area contributed by atoms with Crippen molar-refractivity contribution in [3.63, 3.8) is 0 Å². The van der Waals surface area contributed by atoms with Crippen LogP contribution in [-0.4, -0.2) is 23.7 Å². The lowest BCUT2D eigenvalue weighted by atomic mass is 10.3. The molecule has 0 aliphatic heterocycles. The first-order valence-electron chi connectivity index (χ1n) is 3.97. The Bertz CT molecular complexity index is 330. The number of carboxylic acids is 1. The first-order valence-corrected chi connectivity index (χ1v) is 5.05. The van der Waals surface area contributed by atoms with Gasteiger partial charge in [0, 0.05) is 0 Å².